The molecule has 1 aliphatic heterocycles. The molecule has 3 heterocycles. The van der Waals surface area contributed by atoms with Gasteiger partial charge in [0.2, 0.25) is 5.95 Å². The van der Waals surface area contributed by atoms with E-state index in [1.54, 1.807) is 6.20 Å². The predicted octanol–water partition coefficient (Wildman–Crippen LogP) is 4.42. The van der Waals surface area contributed by atoms with Gasteiger partial charge in [0.25, 0.3) is 0 Å². The highest BCUT2D eigenvalue weighted by Crippen LogP contribution is 2.38. The molecular formula is C20H28Cl4N6O. The number of nitrogens with two attached hydrogens (primary N) is 1. The van der Waals surface area contributed by atoms with E-state index in [-0.39, 0.29) is 48.7 Å². The van der Waals surface area contributed by atoms with Crippen molar-refractivity contribution in [1.82, 2.24) is 19.5 Å². The fourth-order valence-electron chi connectivity index (χ4n) is 4.55. The summed E-state index contributed by atoms with van der Waals surface area (Å²) >= 11 is 6.15. The van der Waals surface area contributed by atoms with Crippen molar-refractivity contribution in [2.45, 2.75) is 44.6 Å². The number of aromatic nitrogens is 4. The van der Waals surface area contributed by atoms with Gasteiger partial charge in [-0.3, -0.25) is 4.98 Å². The number of rotatable bonds is 2. The molecule has 2 aliphatic rings. The van der Waals surface area contributed by atoms with Crippen molar-refractivity contribution in [2.75, 3.05) is 23.7 Å². The number of nitrogens with zero attached hydrogens (tertiary/aromatic N) is 5. The molecule has 0 saturated carbocycles. The highest BCUT2D eigenvalue weighted by Gasteiger charge is 2.28. The van der Waals surface area contributed by atoms with Gasteiger partial charge in [0.1, 0.15) is 10.7 Å². The number of piperidine rings is 1. The van der Waals surface area contributed by atoms with E-state index in [9.17, 15) is 0 Å². The van der Waals surface area contributed by atoms with E-state index in [0.29, 0.717) is 11.1 Å². The molecule has 3 aromatic rings. The molecule has 0 radical (unpaired) electrons. The average Bonchev–Trinajstić information content (AvgIpc) is 3.04. The van der Waals surface area contributed by atoms with Crippen molar-refractivity contribution < 1.29 is 5.48 Å². The number of hydrogen-bond acceptors (Lipinski definition) is 5. The molecule has 0 amide bonds. The quantitative estimate of drug-likeness (QED) is 0.550. The Balaban J connectivity index is 0.00000120. The Labute approximate surface area is 205 Å². The van der Waals surface area contributed by atoms with Crippen molar-refractivity contribution in [3.05, 3.63) is 40.9 Å². The average molecular weight is 510 g/mol. The Hall–Kier alpha value is -1.51. The third-order valence-corrected chi connectivity index (χ3v) is 5.97. The Bertz CT molecular complexity index is 1010. The molecule has 0 spiro atoms. The monoisotopic (exact) mass is 508 g/mol. The van der Waals surface area contributed by atoms with Crippen LogP contribution in [0.15, 0.2) is 24.4 Å². The smallest absolute Gasteiger partial charge is 0.201 e. The van der Waals surface area contributed by atoms with E-state index in [0.717, 1.165) is 54.8 Å². The van der Waals surface area contributed by atoms with Gasteiger partial charge in [-0.2, -0.15) is 0 Å². The van der Waals surface area contributed by atoms with Crippen molar-refractivity contribution in [2.24, 2.45) is 0 Å². The molecule has 1 atom stereocenters. The van der Waals surface area contributed by atoms with Crippen LogP contribution >= 0.6 is 48.8 Å². The summed E-state index contributed by atoms with van der Waals surface area (Å²) < 4.78 is 2.13. The summed E-state index contributed by atoms with van der Waals surface area (Å²) in [6.07, 6.45) is 8.35. The maximum Gasteiger partial charge on any atom is 0.201 e. The van der Waals surface area contributed by atoms with Crippen LogP contribution in [0.2, 0.25) is 5.15 Å². The van der Waals surface area contributed by atoms with Gasteiger partial charge in [0, 0.05) is 13.1 Å². The number of nitrogen functional groups attached to an aromatic ring is 1. The van der Waals surface area contributed by atoms with Crippen LogP contribution in [0.25, 0.3) is 11.0 Å². The molecule has 1 unspecified atom stereocenters. The van der Waals surface area contributed by atoms with Crippen LogP contribution in [-0.4, -0.2) is 38.1 Å². The number of hydrogen-bond donors (Lipinski definition) is 1. The first kappa shape index (κ1) is 27.5. The Morgan fingerprint density at radius 3 is 2.48 bits per heavy atom. The lowest BCUT2D eigenvalue weighted by atomic mass is 9.95. The SMILES string of the molecule is Cl.Cl.Cl.Nc1nc2c(N3CCCCC3)cccc2n1C1CCCc2ncc(Cl)nc21.O. The van der Waals surface area contributed by atoms with E-state index < -0.39 is 0 Å². The molecule has 4 N–H and O–H groups in total. The lowest BCUT2D eigenvalue weighted by Gasteiger charge is -2.29. The Morgan fingerprint density at radius 2 is 1.74 bits per heavy atom. The number of benzene rings is 1. The summed E-state index contributed by atoms with van der Waals surface area (Å²) in [6.45, 7) is 2.17. The molecule has 1 aliphatic carbocycles. The minimum atomic E-state index is 0. The standard InChI is InChI=1S/C20H23ClN6.3ClH.H2O/c21-17-12-23-13-6-4-8-15(18(13)24-17)27-16-9-5-7-14(19(16)25-20(27)22)26-10-2-1-3-11-26;;;;/h5,7,9,12,15H,1-4,6,8,10-11H2,(H2,22,25);3*1H;1H2. The number of para-hydroxylation sites is 1. The van der Waals surface area contributed by atoms with Gasteiger partial charge in [-0.1, -0.05) is 17.7 Å². The van der Waals surface area contributed by atoms with Crippen molar-refractivity contribution >= 4 is 71.5 Å². The van der Waals surface area contributed by atoms with Gasteiger partial charge < -0.3 is 20.7 Å². The fraction of sp³-hybridized carbons (Fsp3) is 0.450. The zero-order valence-corrected chi connectivity index (χ0v) is 20.2. The van der Waals surface area contributed by atoms with Gasteiger partial charge in [-0.05, 0) is 50.7 Å². The molecule has 2 aromatic heterocycles. The molecule has 0 bridgehead atoms. The highest BCUT2D eigenvalue weighted by molar-refractivity contribution is 6.29. The van der Waals surface area contributed by atoms with E-state index in [4.69, 9.17) is 22.3 Å². The van der Waals surface area contributed by atoms with Gasteiger partial charge >= 0.3 is 0 Å². The van der Waals surface area contributed by atoms with Crippen LogP contribution in [0.5, 0.6) is 0 Å². The lowest BCUT2D eigenvalue weighted by molar-refractivity contribution is 0.483. The maximum absolute atomic E-state index is 6.43. The van der Waals surface area contributed by atoms with E-state index in [1.165, 1.54) is 24.9 Å². The summed E-state index contributed by atoms with van der Waals surface area (Å²) in [5.74, 6) is 0.536. The minimum absolute atomic E-state index is 0. The lowest BCUT2D eigenvalue weighted by Crippen LogP contribution is -2.29. The number of aryl methyl sites for hydroxylation is 1. The van der Waals surface area contributed by atoms with Gasteiger partial charge in [0.15, 0.2) is 0 Å². The zero-order chi connectivity index (χ0) is 18.4. The first-order valence-corrected chi connectivity index (χ1v) is 10.1. The Kier molecular flexibility index (Phi) is 10.1. The Morgan fingerprint density at radius 1 is 1.00 bits per heavy atom. The van der Waals surface area contributed by atoms with Crippen LogP contribution in [0.1, 0.15) is 49.5 Å². The van der Waals surface area contributed by atoms with E-state index >= 15 is 0 Å². The summed E-state index contributed by atoms with van der Waals surface area (Å²) in [4.78, 5) is 16.3. The van der Waals surface area contributed by atoms with E-state index in [1.807, 2.05) is 0 Å². The first-order valence-electron chi connectivity index (χ1n) is 9.75. The second-order valence-electron chi connectivity index (χ2n) is 7.47. The molecule has 7 nitrogen and oxygen atoms in total. The normalized spacial score (nSPS) is 17.5. The van der Waals surface area contributed by atoms with Crippen molar-refractivity contribution in [1.29, 1.82) is 0 Å². The molecule has 1 saturated heterocycles. The molecule has 172 valence electrons. The highest BCUT2D eigenvalue weighted by atomic mass is 35.5. The second-order valence-corrected chi connectivity index (χ2v) is 7.85. The summed E-state index contributed by atoms with van der Waals surface area (Å²) in [6, 6.07) is 6.41. The van der Waals surface area contributed by atoms with Crippen LogP contribution < -0.4 is 10.6 Å². The van der Waals surface area contributed by atoms with Crippen LogP contribution in [0.3, 0.4) is 0 Å². The van der Waals surface area contributed by atoms with Gasteiger partial charge in [-0.25, -0.2) is 9.97 Å². The number of halogens is 4. The second kappa shape index (κ2) is 11.4. The molecule has 1 fully saturated rings. The fourth-order valence-corrected chi connectivity index (χ4v) is 4.69. The number of imidazole rings is 1. The number of anilines is 2. The third kappa shape index (κ3) is 4.96. The zero-order valence-electron chi connectivity index (χ0n) is 17.0. The number of fused-ring (bicyclic) bond motifs is 2. The van der Waals surface area contributed by atoms with Crippen molar-refractivity contribution in [3.8, 4) is 0 Å². The third-order valence-electron chi connectivity index (χ3n) is 5.79. The summed E-state index contributed by atoms with van der Waals surface area (Å²) in [5.41, 5.74) is 11.6. The van der Waals surface area contributed by atoms with E-state index in [2.05, 4.69) is 37.6 Å². The van der Waals surface area contributed by atoms with Crippen LogP contribution in [0.4, 0.5) is 11.6 Å². The summed E-state index contributed by atoms with van der Waals surface area (Å²) in [5, 5.41) is 0.428. The summed E-state index contributed by atoms with van der Waals surface area (Å²) in [7, 11) is 0. The minimum Gasteiger partial charge on any atom is -0.412 e. The molecule has 31 heavy (non-hydrogen) atoms. The van der Waals surface area contributed by atoms with Gasteiger partial charge in [-0.15, -0.1) is 37.2 Å². The molecule has 1 aromatic carbocycles. The van der Waals surface area contributed by atoms with Crippen LogP contribution in [-0.2, 0) is 6.42 Å². The van der Waals surface area contributed by atoms with Crippen molar-refractivity contribution in [3.63, 3.8) is 0 Å². The van der Waals surface area contributed by atoms with Gasteiger partial charge in [0.05, 0.1) is 34.8 Å². The topological polar surface area (TPSA) is 104 Å². The molecule has 11 heteroatoms. The molecular weight excluding hydrogens is 482 g/mol. The molecule has 5 rings (SSSR count). The maximum atomic E-state index is 6.43. The first-order chi connectivity index (χ1) is 13.2. The largest absolute Gasteiger partial charge is 0.412 e. The van der Waals surface area contributed by atoms with Crippen LogP contribution in [0, 0.1) is 0 Å². The predicted molar refractivity (Wildman–Crippen MR) is 134 cm³/mol.